The number of fused-ring (bicyclic) bond motifs is 1. The average molecular weight is 485 g/mol. The van der Waals surface area contributed by atoms with Crippen molar-refractivity contribution in [2.24, 2.45) is 0 Å². The van der Waals surface area contributed by atoms with Crippen molar-refractivity contribution in [2.45, 2.75) is 43.7 Å². The molecule has 180 valence electrons. The average Bonchev–Trinajstić information content (AvgIpc) is 3.36. The fraction of sp³-hybridized carbons (Fsp3) is 0.360. The number of benzene rings is 2. The van der Waals surface area contributed by atoms with Crippen LogP contribution in [0.5, 0.6) is 0 Å². The Hall–Kier alpha value is -3.01. The Balaban J connectivity index is 1.74. The fourth-order valence-corrected chi connectivity index (χ4v) is 5.64. The third-order valence-corrected chi connectivity index (χ3v) is 7.87. The van der Waals surface area contributed by atoms with Crippen molar-refractivity contribution < 1.29 is 22.7 Å². The number of ether oxygens (including phenoxy) is 2. The molecule has 3 aromatic rings. The first-order valence-electron chi connectivity index (χ1n) is 11.3. The molecule has 0 spiro atoms. The highest BCUT2D eigenvalue weighted by Crippen LogP contribution is 2.24. The van der Waals surface area contributed by atoms with Gasteiger partial charge in [0.25, 0.3) is 5.56 Å². The van der Waals surface area contributed by atoms with Crippen LogP contribution in [0.3, 0.4) is 0 Å². The van der Waals surface area contributed by atoms with Gasteiger partial charge in [-0.1, -0.05) is 19.1 Å². The molecular formula is C25H28N2O6S. The van der Waals surface area contributed by atoms with E-state index < -0.39 is 16.0 Å². The molecule has 0 saturated carbocycles. The number of H-pyrrole nitrogens is 1. The molecule has 1 N–H and O–H groups in total. The van der Waals surface area contributed by atoms with E-state index in [1.165, 1.54) is 35.7 Å². The summed E-state index contributed by atoms with van der Waals surface area (Å²) in [6.07, 6.45) is 2.18. The number of methoxy groups -OCH3 is 1. The number of pyridine rings is 1. The molecule has 0 radical (unpaired) electrons. The minimum absolute atomic E-state index is 0.0427. The number of aryl methyl sites for hydroxylation is 1. The predicted molar refractivity (Wildman–Crippen MR) is 128 cm³/mol. The lowest BCUT2D eigenvalue weighted by Gasteiger charge is -2.25. The summed E-state index contributed by atoms with van der Waals surface area (Å²) < 4.78 is 39.0. The van der Waals surface area contributed by atoms with Gasteiger partial charge in [0.15, 0.2) is 0 Å². The molecule has 9 heteroatoms. The number of aromatic amines is 1. The number of nitrogens with zero attached hydrogens (tertiary/aromatic N) is 1. The van der Waals surface area contributed by atoms with Crippen LogP contribution in [0.4, 0.5) is 0 Å². The molecule has 1 aliphatic heterocycles. The smallest absolute Gasteiger partial charge is 0.337 e. The van der Waals surface area contributed by atoms with Gasteiger partial charge in [0.1, 0.15) is 0 Å². The third-order valence-electron chi connectivity index (χ3n) is 6.06. The number of carbonyl (C=O) groups excluding carboxylic acids is 1. The molecule has 1 atom stereocenters. The summed E-state index contributed by atoms with van der Waals surface area (Å²) in [5, 5.41) is 0.844. The van der Waals surface area contributed by atoms with Crippen LogP contribution in [0, 0.1) is 0 Å². The molecule has 0 bridgehead atoms. The maximum Gasteiger partial charge on any atom is 0.337 e. The maximum absolute atomic E-state index is 13.7. The summed E-state index contributed by atoms with van der Waals surface area (Å²) in [5.41, 5.74) is 1.95. The summed E-state index contributed by atoms with van der Waals surface area (Å²) >= 11 is 0. The SMILES string of the molecule is CCc1ccc2[nH]c(=O)c(CN(C[C@H]3CCCO3)S(=O)(=O)c3cccc(C(=O)OC)c3)cc2c1. The van der Waals surface area contributed by atoms with Crippen LogP contribution < -0.4 is 5.56 Å². The zero-order valence-corrected chi connectivity index (χ0v) is 20.1. The number of aromatic nitrogens is 1. The minimum atomic E-state index is -4.04. The monoisotopic (exact) mass is 484 g/mol. The lowest BCUT2D eigenvalue weighted by Crippen LogP contribution is -2.38. The molecule has 1 fully saturated rings. The number of esters is 1. The van der Waals surface area contributed by atoms with E-state index in [9.17, 15) is 18.0 Å². The quantitative estimate of drug-likeness (QED) is 0.492. The van der Waals surface area contributed by atoms with Crippen LogP contribution in [-0.4, -0.2) is 50.0 Å². The van der Waals surface area contributed by atoms with Crippen LogP contribution in [0.15, 0.2) is 58.2 Å². The number of carbonyl (C=O) groups is 1. The molecule has 34 heavy (non-hydrogen) atoms. The maximum atomic E-state index is 13.7. The molecule has 8 nitrogen and oxygen atoms in total. The molecule has 2 heterocycles. The molecule has 0 amide bonds. The normalized spacial score (nSPS) is 16.3. The summed E-state index contributed by atoms with van der Waals surface area (Å²) in [7, 11) is -2.80. The highest BCUT2D eigenvalue weighted by molar-refractivity contribution is 7.89. The summed E-state index contributed by atoms with van der Waals surface area (Å²) in [5.74, 6) is -0.625. The van der Waals surface area contributed by atoms with Gasteiger partial charge < -0.3 is 14.5 Å². The Morgan fingerprint density at radius 3 is 2.74 bits per heavy atom. The minimum Gasteiger partial charge on any atom is -0.465 e. The van der Waals surface area contributed by atoms with Crippen LogP contribution in [0.2, 0.25) is 0 Å². The Kier molecular flexibility index (Phi) is 7.16. The van der Waals surface area contributed by atoms with E-state index in [1.807, 2.05) is 25.1 Å². The van der Waals surface area contributed by atoms with E-state index in [0.717, 1.165) is 30.2 Å². The van der Waals surface area contributed by atoms with Crippen LogP contribution >= 0.6 is 0 Å². The van der Waals surface area contributed by atoms with Crippen molar-refractivity contribution in [3.05, 3.63) is 75.6 Å². The lowest BCUT2D eigenvalue weighted by atomic mass is 10.1. The Morgan fingerprint density at radius 1 is 1.21 bits per heavy atom. The topological polar surface area (TPSA) is 106 Å². The van der Waals surface area contributed by atoms with E-state index in [1.54, 1.807) is 6.07 Å². The molecule has 1 saturated heterocycles. The van der Waals surface area contributed by atoms with Crippen molar-refractivity contribution in [1.82, 2.24) is 9.29 Å². The van der Waals surface area contributed by atoms with Gasteiger partial charge in [-0.25, -0.2) is 13.2 Å². The summed E-state index contributed by atoms with van der Waals surface area (Å²) in [6.45, 7) is 2.61. The Morgan fingerprint density at radius 2 is 2.03 bits per heavy atom. The van der Waals surface area contributed by atoms with E-state index in [2.05, 4.69) is 4.98 Å². The van der Waals surface area contributed by atoms with E-state index in [-0.39, 0.29) is 35.2 Å². The van der Waals surface area contributed by atoms with Crippen molar-refractivity contribution >= 4 is 26.9 Å². The Labute approximate surface area is 198 Å². The molecule has 1 aromatic heterocycles. The van der Waals surface area contributed by atoms with Crippen molar-refractivity contribution in [3.63, 3.8) is 0 Å². The molecule has 2 aromatic carbocycles. The van der Waals surface area contributed by atoms with E-state index in [4.69, 9.17) is 9.47 Å². The van der Waals surface area contributed by atoms with Crippen molar-refractivity contribution in [2.75, 3.05) is 20.3 Å². The fourth-order valence-electron chi connectivity index (χ4n) is 4.14. The zero-order valence-electron chi connectivity index (χ0n) is 19.2. The van der Waals surface area contributed by atoms with Gasteiger partial charge in [0.2, 0.25) is 10.0 Å². The second-order valence-electron chi connectivity index (χ2n) is 8.35. The first kappa shape index (κ1) is 24.1. The van der Waals surface area contributed by atoms with Crippen molar-refractivity contribution in [3.8, 4) is 0 Å². The highest BCUT2D eigenvalue weighted by atomic mass is 32.2. The van der Waals surface area contributed by atoms with Crippen LogP contribution in [-0.2, 0) is 32.5 Å². The number of hydrogen-bond acceptors (Lipinski definition) is 6. The number of sulfonamides is 1. The summed E-state index contributed by atoms with van der Waals surface area (Å²) in [6, 6.07) is 13.3. The molecule has 1 aliphatic rings. The van der Waals surface area contributed by atoms with Gasteiger partial charge in [-0.15, -0.1) is 0 Å². The summed E-state index contributed by atoms with van der Waals surface area (Å²) in [4.78, 5) is 27.6. The highest BCUT2D eigenvalue weighted by Gasteiger charge is 2.30. The molecular weight excluding hydrogens is 456 g/mol. The van der Waals surface area contributed by atoms with Crippen LogP contribution in [0.1, 0.15) is 41.3 Å². The standard InChI is InChI=1S/C25H28N2O6S/c1-3-17-9-10-23-19(12-17)13-20(24(28)26-23)15-27(16-21-7-5-11-33-21)34(30,31)22-8-4-6-18(14-22)25(29)32-2/h4,6,8-10,12-14,21H,3,5,7,11,15-16H2,1-2H3,(H,26,28)/t21-/m1/s1. The van der Waals surface area contributed by atoms with Crippen LogP contribution in [0.25, 0.3) is 10.9 Å². The van der Waals surface area contributed by atoms with E-state index in [0.29, 0.717) is 17.7 Å². The first-order valence-corrected chi connectivity index (χ1v) is 12.7. The second-order valence-corrected chi connectivity index (χ2v) is 10.3. The van der Waals surface area contributed by atoms with Gasteiger partial charge >= 0.3 is 5.97 Å². The largest absolute Gasteiger partial charge is 0.465 e. The predicted octanol–water partition coefficient (Wildman–Crippen LogP) is 3.25. The van der Waals surface area contributed by atoms with Gasteiger partial charge in [0.05, 0.1) is 23.7 Å². The van der Waals surface area contributed by atoms with E-state index >= 15 is 0 Å². The first-order chi connectivity index (χ1) is 16.3. The van der Waals surface area contributed by atoms with Gasteiger partial charge in [-0.3, -0.25) is 4.79 Å². The molecule has 0 aliphatic carbocycles. The number of nitrogens with one attached hydrogen (secondary N) is 1. The zero-order chi connectivity index (χ0) is 24.3. The van der Waals surface area contributed by atoms with Gasteiger partial charge in [-0.2, -0.15) is 4.31 Å². The number of rotatable bonds is 8. The Bertz CT molecular complexity index is 1360. The second kappa shape index (κ2) is 10.1. The lowest BCUT2D eigenvalue weighted by molar-refractivity contribution is 0.0600. The molecule has 4 rings (SSSR count). The van der Waals surface area contributed by atoms with Crippen molar-refractivity contribution in [1.29, 1.82) is 0 Å². The third kappa shape index (κ3) is 5.06. The van der Waals surface area contributed by atoms with Gasteiger partial charge in [-0.05, 0) is 66.6 Å². The van der Waals surface area contributed by atoms with Gasteiger partial charge in [0, 0.05) is 30.8 Å². The number of hydrogen-bond donors (Lipinski definition) is 1. The molecule has 0 unspecified atom stereocenters.